The van der Waals surface area contributed by atoms with Gasteiger partial charge in [-0.2, -0.15) is 0 Å². The Morgan fingerprint density at radius 1 is 0.935 bits per heavy atom. The summed E-state index contributed by atoms with van der Waals surface area (Å²) in [6, 6.07) is 21.1. The molecule has 5 rings (SSSR count). The number of aryl methyl sites for hydroxylation is 1. The molecular weight excluding hydrogens is 608 g/mol. The first-order valence-electron chi connectivity index (χ1n) is 15.7. The maximum absolute atomic E-state index is 12.5. The number of hydrogen-bond acceptors (Lipinski definition) is 8. The summed E-state index contributed by atoms with van der Waals surface area (Å²) >= 11 is 0. The summed E-state index contributed by atoms with van der Waals surface area (Å²) in [6.07, 6.45) is 2.57. The van der Waals surface area contributed by atoms with Gasteiger partial charge >= 0.3 is 12.1 Å². The molecule has 0 bridgehead atoms. The van der Waals surface area contributed by atoms with Gasteiger partial charge in [-0.15, -0.1) is 0 Å². The lowest BCUT2D eigenvalue weighted by atomic mass is 10.1. The lowest BCUT2D eigenvalue weighted by Gasteiger charge is -2.18. The number of benzene rings is 3. The summed E-state index contributed by atoms with van der Waals surface area (Å²) in [7, 11) is -2.15. The van der Waals surface area contributed by atoms with Crippen LogP contribution in [0.15, 0.2) is 77.7 Å². The van der Waals surface area contributed by atoms with E-state index in [9.17, 15) is 22.8 Å². The molecule has 10 nitrogen and oxygen atoms in total. The van der Waals surface area contributed by atoms with Crippen LogP contribution in [0, 0.1) is 0 Å². The molecule has 3 aromatic rings. The number of ether oxygens (including phenoxy) is 3. The number of unbranched alkanes of at least 4 members (excludes halogenated alkanes) is 1. The van der Waals surface area contributed by atoms with Crippen LogP contribution in [0.3, 0.4) is 0 Å². The summed E-state index contributed by atoms with van der Waals surface area (Å²) in [6.45, 7) is 10.9. The predicted molar refractivity (Wildman–Crippen MR) is 177 cm³/mol. The summed E-state index contributed by atoms with van der Waals surface area (Å²) < 4.78 is 41.5. The van der Waals surface area contributed by atoms with Gasteiger partial charge in [0, 0.05) is 27.1 Å². The van der Waals surface area contributed by atoms with Crippen molar-refractivity contribution in [2.24, 2.45) is 0 Å². The monoisotopic (exact) mass is 654 g/mol. The molecule has 250 valence electrons. The zero-order valence-corrected chi connectivity index (χ0v) is 28.5. The van der Waals surface area contributed by atoms with E-state index in [-0.39, 0.29) is 29.6 Å². The number of amides is 2. The van der Waals surface area contributed by atoms with Crippen molar-refractivity contribution in [2.45, 2.75) is 71.8 Å². The second kappa shape index (κ2) is 19.2. The molecule has 0 aromatic heterocycles. The van der Waals surface area contributed by atoms with E-state index in [0.717, 1.165) is 40.6 Å². The maximum Gasteiger partial charge on any atom is 0.409 e. The first kappa shape index (κ1) is 37.8. The van der Waals surface area contributed by atoms with Crippen molar-refractivity contribution < 1.29 is 37.0 Å². The standard InChI is InChI=1S/C20H22N2O5S.C11H12O3.2C2H6/c1-21(20(24)27-15-16-9-3-2-4-10-16)13-7-8-14-22-19(23)17-11-5-6-12-18(17)28(22,25)26;1-8(12)14-10-4-5-11-9(7-10)3-2-6-13-11;2*1-2/h2-6,9-12H,7-8,13-15H2,1H3;4-5,7H,2-3,6H2,1H3;2*1-2H3. The minimum Gasteiger partial charge on any atom is -0.493 e. The molecule has 0 N–H and O–H groups in total. The van der Waals surface area contributed by atoms with Gasteiger partial charge in [0.2, 0.25) is 0 Å². The average Bonchev–Trinajstić information content (AvgIpc) is 3.28. The predicted octanol–water partition coefficient (Wildman–Crippen LogP) is 6.87. The average molecular weight is 655 g/mol. The van der Waals surface area contributed by atoms with E-state index < -0.39 is 22.0 Å². The molecule has 0 fully saturated rings. The van der Waals surface area contributed by atoms with Gasteiger partial charge < -0.3 is 19.1 Å². The van der Waals surface area contributed by atoms with Gasteiger partial charge in [-0.25, -0.2) is 17.5 Å². The minimum absolute atomic E-state index is 0.0570. The smallest absolute Gasteiger partial charge is 0.409 e. The third-order valence-corrected chi connectivity index (χ3v) is 8.52. The minimum atomic E-state index is -3.77. The van der Waals surface area contributed by atoms with Gasteiger partial charge in [0.15, 0.2) is 0 Å². The molecular formula is C35H46N2O8S. The Balaban J connectivity index is 0.000000342. The molecule has 2 aliphatic heterocycles. The quantitative estimate of drug-likeness (QED) is 0.147. The topological polar surface area (TPSA) is 120 Å². The third-order valence-electron chi connectivity index (χ3n) is 6.68. The van der Waals surface area contributed by atoms with E-state index >= 15 is 0 Å². The van der Waals surface area contributed by atoms with Crippen LogP contribution < -0.4 is 9.47 Å². The van der Waals surface area contributed by atoms with Crippen molar-refractivity contribution in [3.05, 3.63) is 89.5 Å². The van der Waals surface area contributed by atoms with E-state index in [1.807, 2.05) is 70.2 Å². The SMILES string of the molecule is CC.CC.CC(=O)Oc1ccc2c(c1)CCCO2.CN(CCCCN1C(=O)c2ccccc2S1(=O)=O)C(=O)OCc1ccccc1. The fourth-order valence-electron chi connectivity index (χ4n) is 4.54. The normalized spacial score (nSPS) is 13.4. The Kier molecular flexibility index (Phi) is 15.8. The summed E-state index contributed by atoms with van der Waals surface area (Å²) in [5.74, 6) is 0.724. The first-order valence-corrected chi connectivity index (χ1v) is 17.1. The Morgan fingerprint density at radius 3 is 2.28 bits per heavy atom. The number of hydrogen-bond donors (Lipinski definition) is 0. The number of sulfonamides is 1. The molecule has 0 atom stereocenters. The van der Waals surface area contributed by atoms with Crippen LogP contribution in [0.25, 0.3) is 0 Å². The van der Waals surface area contributed by atoms with Gasteiger partial charge in [0.25, 0.3) is 15.9 Å². The first-order chi connectivity index (χ1) is 22.2. The Morgan fingerprint density at radius 2 is 1.61 bits per heavy atom. The van der Waals surface area contributed by atoms with E-state index in [1.54, 1.807) is 25.2 Å². The lowest BCUT2D eigenvalue weighted by molar-refractivity contribution is -0.131. The number of fused-ring (bicyclic) bond motifs is 2. The van der Waals surface area contributed by atoms with Crippen molar-refractivity contribution in [3.63, 3.8) is 0 Å². The Bertz CT molecular complexity index is 1530. The van der Waals surface area contributed by atoms with Crippen LogP contribution in [0.2, 0.25) is 0 Å². The molecule has 2 heterocycles. The van der Waals surface area contributed by atoms with Gasteiger partial charge in [-0.3, -0.25) is 9.59 Å². The highest BCUT2D eigenvalue weighted by Crippen LogP contribution is 2.30. The lowest BCUT2D eigenvalue weighted by Crippen LogP contribution is -2.32. The Hall–Kier alpha value is -4.38. The van der Waals surface area contributed by atoms with Crippen LogP contribution in [0.5, 0.6) is 11.5 Å². The van der Waals surface area contributed by atoms with Crippen LogP contribution in [-0.4, -0.2) is 62.3 Å². The van der Waals surface area contributed by atoms with E-state index in [2.05, 4.69) is 0 Å². The van der Waals surface area contributed by atoms with Crippen molar-refractivity contribution in [2.75, 3.05) is 26.7 Å². The van der Waals surface area contributed by atoms with E-state index in [0.29, 0.717) is 25.1 Å². The van der Waals surface area contributed by atoms with Gasteiger partial charge in [0.1, 0.15) is 23.0 Å². The zero-order valence-electron chi connectivity index (χ0n) is 27.7. The highest BCUT2D eigenvalue weighted by Gasteiger charge is 2.40. The van der Waals surface area contributed by atoms with Crippen molar-refractivity contribution >= 4 is 28.0 Å². The van der Waals surface area contributed by atoms with Crippen molar-refractivity contribution in [1.82, 2.24) is 9.21 Å². The molecule has 0 saturated heterocycles. The fraction of sp³-hybridized carbons (Fsp3) is 0.400. The zero-order chi connectivity index (χ0) is 34.1. The molecule has 0 spiro atoms. The highest BCUT2D eigenvalue weighted by molar-refractivity contribution is 7.90. The van der Waals surface area contributed by atoms with Gasteiger partial charge in [-0.1, -0.05) is 70.2 Å². The van der Waals surface area contributed by atoms with Gasteiger partial charge in [-0.05, 0) is 67.1 Å². The largest absolute Gasteiger partial charge is 0.493 e. The highest BCUT2D eigenvalue weighted by atomic mass is 32.2. The summed E-state index contributed by atoms with van der Waals surface area (Å²) in [4.78, 5) is 36.6. The van der Waals surface area contributed by atoms with Gasteiger partial charge in [0.05, 0.1) is 12.2 Å². The second-order valence-electron chi connectivity index (χ2n) is 9.86. The molecule has 3 aromatic carbocycles. The number of carbonyl (C=O) groups excluding carboxylic acids is 3. The Labute approximate surface area is 273 Å². The summed E-state index contributed by atoms with van der Waals surface area (Å²) in [5, 5.41) is 0. The van der Waals surface area contributed by atoms with Crippen molar-refractivity contribution in [3.8, 4) is 11.5 Å². The fourth-order valence-corrected chi connectivity index (χ4v) is 6.15. The third kappa shape index (κ3) is 10.6. The molecule has 2 amide bonds. The maximum atomic E-state index is 12.5. The molecule has 0 aliphatic carbocycles. The van der Waals surface area contributed by atoms with Crippen LogP contribution in [0.1, 0.15) is 75.4 Å². The molecule has 0 radical (unpaired) electrons. The van der Waals surface area contributed by atoms with Crippen LogP contribution >= 0.6 is 0 Å². The van der Waals surface area contributed by atoms with Crippen LogP contribution in [-0.2, 0) is 32.6 Å². The molecule has 0 saturated carbocycles. The summed E-state index contributed by atoms with van der Waals surface area (Å²) in [5.41, 5.74) is 2.24. The molecule has 2 aliphatic rings. The molecule has 0 unspecified atom stereocenters. The number of carbonyl (C=O) groups is 3. The van der Waals surface area contributed by atoms with Crippen LogP contribution in [0.4, 0.5) is 4.79 Å². The molecule has 46 heavy (non-hydrogen) atoms. The number of rotatable bonds is 8. The molecule has 11 heteroatoms. The van der Waals surface area contributed by atoms with Crippen molar-refractivity contribution in [1.29, 1.82) is 0 Å². The van der Waals surface area contributed by atoms with E-state index in [1.165, 1.54) is 24.0 Å². The second-order valence-corrected chi connectivity index (χ2v) is 11.7. The number of nitrogens with zero attached hydrogens (tertiary/aromatic N) is 2. The number of esters is 1. The van der Waals surface area contributed by atoms with E-state index in [4.69, 9.17) is 14.2 Å².